The van der Waals surface area contributed by atoms with Crippen molar-refractivity contribution < 1.29 is 27.1 Å². The number of carbonyl (C=O) groups excluding carboxylic acids is 1. The SMILES string of the molecule is O=C(CCc1ccc(OCC(F)(F)F)cc1)N(Cc1ccc(F)cn1)C1CCNCC1. The number of benzene rings is 1. The molecule has 31 heavy (non-hydrogen) atoms. The van der Waals surface area contributed by atoms with Crippen LogP contribution in [0.25, 0.3) is 0 Å². The number of aromatic nitrogens is 1. The number of piperidine rings is 1. The van der Waals surface area contributed by atoms with Crippen LogP contribution in [0.5, 0.6) is 5.75 Å². The molecule has 3 rings (SSSR count). The molecule has 0 radical (unpaired) electrons. The zero-order valence-electron chi connectivity index (χ0n) is 17.0. The number of nitrogens with zero attached hydrogens (tertiary/aromatic N) is 2. The fourth-order valence-corrected chi connectivity index (χ4v) is 3.53. The minimum absolute atomic E-state index is 0.0320. The van der Waals surface area contributed by atoms with Crippen LogP contribution in [0.2, 0.25) is 0 Å². The Bertz CT molecular complexity index is 835. The van der Waals surface area contributed by atoms with Crippen molar-refractivity contribution in [1.29, 1.82) is 0 Å². The number of rotatable bonds is 8. The van der Waals surface area contributed by atoms with Crippen molar-refractivity contribution in [3.8, 4) is 5.75 Å². The third kappa shape index (κ3) is 7.50. The lowest BCUT2D eigenvalue weighted by atomic mass is 10.0. The summed E-state index contributed by atoms with van der Waals surface area (Å²) in [7, 11) is 0. The fourth-order valence-electron chi connectivity index (χ4n) is 3.53. The van der Waals surface area contributed by atoms with Gasteiger partial charge in [-0.3, -0.25) is 9.78 Å². The van der Waals surface area contributed by atoms with Crippen LogP contribution in [0.1, 0.15) is 30.5 Å². The van der Waals surface area contributed by atoms with Crippen LogP contribution in [0.3, 0.4) is 0 Å². The third-order valence-electron chi connectivity index (χ3n) is 5.14. The highest BCUT2D eigenvalue weighted by Crippen LogP contribution is 2.21. The lowest BCUT2D eigenvalue weighted by Gasteiger charge is -2.34. The number of hydrogen-bond donors (Lipinski definition) is 1. The van der Waals surface area contributed by atoms with E-state index in [9.17, 15) is 22.4 Å². The maximum Gasteiger partial charge on any atom is 0.422 e. The molecule has 0 atom stereocenters. The molecule has 1 fully saturated rings. The van der Waals surface area contributed by atoms with E-state index in [1.807, 2.05) is 4.90 Å². The Kier molecular flexibility index (Phi) is 7.84. The highest BCUT2D eigenvalue weighted by atomic mass is 19.4. The van der Waals surface area contributed by atoms with E-state index in [4.69, 9.17) is 4.74 Å². The molecule has 1 amide bonds. The molecule has 2 aromatic rings. The molecular formula is C22H25F4N3O2. The molecular weight excluding hydrogens is 414 g/mol. The second-order valence-electron chi connectivity index (χ2n) is 7.52. The number of ether oxygens (including phenoxy) is 1. The van der Waals surface area contributed by atoms with E-state index in [0.29, 0.717) is 18.7 Å². The standard InChI is InChI=1S/C22H25F4N3O2/c23-17-4-5-18(28-13-17)14-29(19-9-11-27-12-10-19)21(30)8-3-16-1-6-20(7-2-16)31-15-22(24,25)26/h1-2,4-7,13,19,27H,3,8-12,14-15H2. The Hall–Kier alpha value is -2.68. The van der Waals surface area contributed by atoms with Crippen molar-refractivity contribution in [2.45, 2.75) is 44.4 Å². The molecule has 1 saturated heterocycles. The molecule has 1 N–H and O–H groups in total. The summed E-state index contributed by atoms with van der Waals surface area (Å²) in [5.41, 5.74) is 1.46. The highest BCUT2D eigenvalue weighted by molar-refractivity contribution is 5.76. The molecule has 0 aliphatic carbocycles. The topological polar surface area (TPSA) is 54.5 Å². The van der Waals surface area contributed by atoms with E-state index >= 15 is 0 Å². The molecule has 0 saturated carbocycles. The summed E-state index contributed by atoms with van der Waals surface area (Å²) in [6, 6.07) is 9.26. The normalized spacial score (nSPS) is 15.0. The number of nitrogens with one attached hydrogen (secondary N) is 1. The maximum atomic E-state index is 13.2. The Morgan fingerprint density at radius 3 is 2.45 bits per heavy atom. The summed E-state index contributed by atoms with van der Waals surface area (Å²) < 4.78 is 54.6. The quantitative estimate of drug-likeness (QED) is 0.635. The van der Waals surface area contributed by atoms with E-state index in [1.165, 1.54) is 18.2 Å². The molecule has 1 aromatic heterocycles. The van der Waals surface area contributed by atoms with Gasteiger partial charge in [0.1, 0.15) is 11.6 Å². The molecule has 9 heteroatoms. The molecule has 0 unspecified atom stereocenters. The number of pyridine rings is 1. The van der Waals surface area contributed by atoms with Crippen molar-refractivity contribution in [2.24, 2.45) is 0 Å². The predicted octanol–water partition coefficient (Wildman–Crippen LogP) is 3.88. The van der Waals surface area contributed by atoms with Gasteiger partial charge in [-0.15, -0.1) is 0 Å². The summed E-state index contributed by atoms with van der Waals surface area (Å²) in [4.78, 5) is 18.9. The van der Waals surface area contributed by atoms with Crippen molar-refractivity contribution in [2.75, 3.05) is 19.7 Å². The number of halogens is 4. The average Bonchev–Trinajstić information content (AvgIpc) is 2.76. The maximum absolute atomic E-state index is 13.2. The van der Waals surface area contributed by atoms with E-state index in [0.717, 1.165) is 37.7 Å². The van der Waals surface area contributed by atoms with Crippen molar-refractivity contribution in [1.82, 2.24) is 15.2 Å². The molecule has 0 bridgehead atoms. The van der Waals surface area contributed by atoms with Gasteiger partial charge in [0.2, 0.25) is 5.91 Å². The summed E-state index contributed by atoms with van der Waals surface area (Å²) in [6.07, 6.45) is -0.869. The van der Waals surface area contributed by atoms with Crippen LogP contribution in [0.15, 0.2) is 42.6 Å². The number of alkyl halides is 3. The first-order chi connectivity index (χ1) is 14.8. The zero-order chi connectivity index (χ0) is 22.3. The van der Waals surface area contributed by atoms with E-state index in [2.05, 4.69) is 10.3 Å². The minimum atomic E-state index is -4.39. The van der Waals surface area contributed by atoms with Gasteiger partial charge >= 0.3 is 6.18 Å². The number of hydrogen-bond acceptors (Lipinski definition) is 4. The van der Waals surface area contributed by atoms with Gasteiger partial charge in [-0.2, -0.15) is 13.2 Å². The van der Waals surface area contributed by atoms with Crippen LogP contribution in [0.4, 0.5) is 17.6 Å². The third-order valence-corrected chi connectivity index (χ3v) is 5.14. The van der Waals surface area contributed by atoms with Crippen molar-refractivity contribution in [3.05, 3.63) is 59.7 Å². The first-order valence-electron chi connectivity index (χ1n) is 10.2. The van der Waals surface area contributed by atoms with Gasteiger partial charge in [0.05, 0.1) is 18.4 Å². The lowest BCUT2D eigenvalue weighted by Crippen LogP contribution is -2.46. The second-order valence-corrected chi connectivity index (χ2v) is 7.52. The molecule has 1 aliphatic rings. The van der Waals surface area contributed by atoms with Crippen LogP contribution < -0.4 is 10.1 Å². The van der Waals surface area contributed by atoms with Crippen LogP contribution in [-0.4, -0.2) is 47.7 Å². The number of amides is 1. The minimum Gasteiger partial charge on any atom is -0.484 e. The first kappa shape index (κ1) is 23.0. The molecule has 2 heterocycles. The van der Waals surface area contributed by atoms with Gasteiger partial charge in [0, 0.05) is 12.5 Å². The van der Waals surface area contributed by atoms with Gasteiger partial charge in [0.15, 0.2) is 6.61 Å². The Balaban J connectivity index is 1.59. The van der Waals surface area contributed by atoms with Crippen LogP contribution >= 0.6 is 0 Å². The predicted molar refractivity (Wildman–Crippen MR) is 107 cm³/mol. The van der Waals surface area contributed by atoms with Crippen molar-refractivity contribution in [3.63, 3.8) is 0 Å². The first-order valence-corrected chi connectivity index (χ1v) is 10.2. The molecule has 0 spiro atoms. The largest absolute Gasteiger partial charge is 0.484 e. The average molecular weight is 439 g/mol. The van der Waals surface area contributed by atoms with Crippen LogP contribution in [-0.2, 0) is 17.8 Å². The summed E-state index contributed by atoms with van der Waals surface area (Å²) in [5, 5.41) is 3.28. The van der Waals surface area contributed by atoms with Gasteiger partial charge < -0.3 is 15.0 Å². The van der Waals surface area contributed by atoms with Gasteiger partial charge in [-0.05, 0) is 62.2 Å². The van der Waals surface area contributed by atoms with Gasteiger partial charge in [-0.1, -0.05) is 12.1 Å². The number of carbonyl (C=O) groups is 1. The molecule has 5 nitrogen and oxygen atoms in total. The Morgan fingerprint density at radius 1 is 1.13 bits per heavy atom. The van der Waals surface area contributed by atoms with E-state index < -0.39 is 18.6 Å². The van der Waals surface area contributed by atoms with Gasteiger partial charge in [-0.25, -0.2) is 4.39 Å². The number of aryl methyl sites for hydroxylation is 1. The summed E-state index contributed by atoms with van der Waals surface area (Å²) in [5.74, 6) is -0.326. The fraction of sp³-hybridized carbons (Fsp3) is 0.455. The van der Waals surface area contributed by atoms with E-state index in [-0.39, 0.29) is 24.1 Å². The Labute approximate surface area is 178 Å². The second kappa shape index (κ2) is 10.6. The summed E-state index contributed by atoms with van der Waals surface area (Å²) in [6.45, 7) is 0.622. The van der Waals surface area contributed by atoms with E-state index in [1.54, 1.807) is 18.2 Å². The Morgan fingerprint density at radius 2 is 1.84 bits per heavy atom. The van der Waals surface area contributed by atoms with Crippen LogP contribution in [0, 0.1) is 5.82 Å². The van der Waals surface area contributed by atoms with Crippen molar-refractivity contribution >= 4 is 5.91 Å². The van der Waals surface area contributed by atoms with Gasteiger partial charge in [0.25, 0.3) is 0 Å². The lowest BCUT2D eigenvalue weighted by molar-refractivity contribution is -0.153. The smallest absolute Gasteiger partial charge is 0.422 e. The molecule has 1 aliphatic heterocycles. The zero-order valence-corrected chi connectivity index (χ0v) is 17.0. The summed E-state index contributed by atoms with van der Waals surface area (Å²) >= 11 is 0. The molecule has 1 aromatic carbocycles. The molecule has 168 valence electrons. The highest BCUT2D eigenvalue weighted by Gasteiger charge is 2.28. The monoisotopic (exact) mass is 439 g/mol.